The fraction of sp³-hybridized carbons (Fsp3) is 0.533. The number of hydrogen-bond acceptors (Lipinski definition) is 4. The number of carbonyl (C=O) groups excluding carboxylic acids is 1. The zero-order valence-electron chi connectivity index (χ0n) is 12.4. The van der Waals surface area contributed by atoms with Crippen molar-refractivity contribution in [1.82, 2.24) is 14.8 Å². The van der Waals surface area contributed by atoms with Crippen molar-refractivity contribution < 1.29 is 9.53 Å². The number of ether oxygens (including phenoxy) is 1. The second-order valence-corrected chi connectivity index (χ2v) is 5.94. The van der Waals surface area contributed by atoms with Gasteiger partial charge < -0.3 is 19.9 Å². The molecule has 0 atom stereocenters. The van der Waals surface area contributed by atoms with Gasteiger partial charge in [-0.2, -0.15) is 0 Å². The van der Waals surface area contributed by atoms with Crippen LogP contribution in [0.3, 0.4) is 0 Å². The van der Waals surface area contributed by atoms with E-state index < -0.39 is 0 Å². The van der Waals surface area contributed by atoms with Gasteiger partial charge in [0, 0.05) is 31.9 Å². The van der Waals surface area contributed by atoms with E-state index >= 15 is 0 Å². The summed E-state index contributed by atoms with van der Waals surface area (Å²) in [6, 6.07) is 4.08. The number of anilines is 1. The summed E-state index contributed by atoms with van der Waals surface area (Å²) in [5.74, 6) is 0. The fourth-order valence-electron chi connectivity index (χ4n) is 2.92. The molecule has 0 saturated carbocycles. The molecule has 0 aliphatic carbocycles. The van der Waals surface area contributed by atoms with Crippen molar-refractivity contribution in [2.75, 3.05) is 31.6 Å². The Morgan fingerprint density at radius 1 is 1.36 bits per heavy atom. The van der Waals surface area contributed by atoms with Crippen LogP contribution in [0.5, 0.6) is 0 Å². The zero-order chi connectivity index (χ0) is 15.4. The quantitative estimate of drug-likeness (QED) is 0.842. The first kappa shape index (κ1) is 15.0. The Balaban J connectivity index is 1.51. The van der Waals surface area contributed by atoms with E-state index in [0.717, 1.165) is 44.6 Å². The number of cyclic esters (lactones) is 1. The molecule has 0 radical (unpaired) electrons. The first-order valence-corrected chi connectivity index (χ1v) is 8.04. The average Bonchev–Trinajstić information content (AvgIpc) is 2.56. The second kappa shape index (κ2) is 6.91. The van der Waals surface area contributed by atoms with Crippen molar-refractivity contribution in [2.24, 2.45) is 0 Å². The molecule has 3 rings (SSSR count). The van der Waals surface area contributed by atoms with E-state index in [0.29, 0.717) is 11.7 Å². The van der Waals surface area contributed by atoms with E-state index in [4.69, 9.17) is 17.0 Å². The molecular weight excluding hydrogens is 300 g/mol. The largest absolute Gasteiger partial charge is 0.449 e. The van der Waals surface area contributed by atoms with Crippen LogP contribution in [0.25, 0.3) is 0 Å². The maximum atomic E-state index is 11.8. The lowest BCUT2D eigenvalue weighted by atomic mass is 10.0. The first-order chi connectivity index (χ1) is 10.7. The predicted molar refractivity (Wildman–Crippen MR) is 87.7 cm³/mol. The number of aromatic nitrogens is 1. The van der Waals surface area contributed by atoms with Crippen LogP contribution < -0.4 is 5.32 Å². The minimum absolute atomic E-state index is 0.166. The van der Waals surface area contributed by atoms with Crippen LogP contribution in [0.1, 0.15) is 19.3 Å². The highest BCUT2D eigenvalue weighted by Crippen LogP contribution is 2.20. The van der Waals surface area contributed by atoms with Gasteiger partial charge in [0.15, 0.2) is 5.11 Å². The van der Waals surface area contributed by atoms with Gasteiger partial charge in [0.2, 0.25) is 0 Å². The summed E-state index contributed by atoms with van der Waals surface area (Å²) in [5.41, 5.74) is 0.897. The van der Waals surface area contributed by atoms with Crippen LogP contribution in [0.4, 0.5) is 10.5 Å². The molecule has 22 heavy (non-hydrogen) atoms. The summed E-state index contributed by atoms with van der Waals surface area (Å²) in [4.78, 5) is 19.9. The molecule has 118 valence electrons. The van der Waals surface area contributed by atoms with Crippen molar-refractivity contribution >= 4 is 29.1 Å². The standard InChI is InChI=1S/C15H20N4O2S/c20-15-19(7-2-10-21-15)13-4-8-18(9-5-13)14(22)17-12-3-1-6-16-11-12/h1,3,6,11,13H,2,4-5,7-10H2,(H,17,22). The normalized spacial score (nSPS) is 19.7. The van der Waals surface area contributed by atoms with Gasteiger partial charge in [-0.05, 0) is 43.6 Å². The van der Waals surface area contributed by atoms with Crippen LogP contribution >= 0.6 is 12.2 Å². The summed E-state index contributed by atoms with van der Waals surface area (Å²) in [7, 11) is 0. The van der Waals surface area contributed by atoms with Crippen LogP contribution in [0.15, 0.2) is 24.5 Å². The Morgan fingerprint density at radius 2 is 2.18 bits per heavy atom. The molecule has 2 aliphatic heterocycles. The van der Waals surface area contributed by atoms with Gasteiger partial charge in [-0.25, -0.2) is 4.79 Å². The minimum Gasteiger partial charge on any atom is -0.449 e. The SMILES string of the molecule is O=C1OCCCN1C1CCN(C(=S)Nc2cccnc2)CC1. The Kier molecular flexibility index (Phi) is 4.72. The highest BCUT2D eigenvalue weighted by atomic mass is 32.1. The van der Waals surface area contributed by atoms with Crippen LogP contribution in [0, 0.1) is 0 Å². The third kappa shape index (κ3) is 3.47. The van der Waals surface area contributed by atoms with E-state index in [2.05, 4.69) is 15.2 Å². The Morgan fingerprint density at radius 3 is 2.86 bits per heavy atom. The van der Waals surface area contributed by atoms with Crippen molar-refractivity contribution in [3.05, 3.63) is 24.5 Å². The molecular formula is C15H20N4O2S. The van der Waals surface area contributed by atoms with Crippen LogP contribution in [-0.4, -0.2) is 58.3 Å². The number of piperidine rings is 1. The smallest absolute Gasteiger partial charge is 0.410 e. The number of thiocarbonyl (C=S) groups is 1. The molecule has 0 spiro atoms. The molecule has 3 heterocycles. The lowest BCUT2D eigenvalue weighted by Crippen LogP contribution is -2.51. The van der Waals surface area contributed by atoms with Gasteiger partial charge in [0.1, 0.15) is 0 Å². The molecule has 2 fully saturated rings. The van der Waals surface area contributed by atoms with E-state index in [1.54, 1.807) is 12.4 Å². The molecule has 1 aromatic heterocycles. The second-order valence-electron chi connectivity index (χ2n) is 5.55. The zero-order valence-corrected chi connectivity index (χ0v) is 13.2. The number of carbonyl (C=O) groups is 1. The summed E-state index contributed by atoms with van der Waals surface area (Å²) >= 11 is 5.46. The number of amides is 1. The Bertz CT molecular complexity index is 532. The molecule has 1 amide bonds. The number of nitrogens with one attached hydrogen (secondary N) is 1. The Labute approximate surface area is 135 Å². The van der Waals surface area contributed by atoms with Gasteiger partial charge in [0.05, 0.1) is 18.5 Å². The fourth-order valence-corrected chi connectivity index (χ4v) is 3.22. The topological polar surface area (TPSA) is 57.7 Å². The van der Waals surface area contributed by atoms with Gasteiger partial charge in [-0.15, -0.1) is 0 Å². The van der Waals surface area contributed by atoms with Crippen molar-refractivity contribution in [1.29, 1.82) is 0 Å². The number of pyridine rings is 1. The van der Waals surface area contributed by atoms with Gasteiger partial charge in [0.25, 0.3) is 0 Å². The maximum Gasteiger partial charge on any atom is 0.410 e. The summed E-state index contributed by atoms with van der Waals surface area (Å²) in [6.07, 6.45) is 6.09. The lowest BCUT2D eigenvalue weighted by molar-refractivity contribution is 0.0435. The van der Waals surface area contributed by atoms with E-state index in [1.165, 1.54) is 0 Å². The molecule has 7 heteroatoms. The van der Waals surface area contributed by atoms with Crippen molar-refractivity contribution in [2.45, 2.75) is 25.3 Å². The molecule has 1 N–H and O–H groups in total. The van der Waals surface area contributed by atoms with E-state index in [1.807, 2.05) is 17.0 Å². The molecule has 1 aromatic rings. The molecule has 6 nitrogen and oxygen atoms in total. The monoisotopic (exact) mass is 320 g/mol. The van der Waals surface area contributed by atoms with Gasteiger partial charge >= 0.3 is 6.09 Å². The molecule has 0 bridgehead atoms. The first-order valence-electron chi connectivity index (χ1n) is 7.63. The predicted octanol–water partition coefficient (Wildman–Crippen LogP) is 2.09. The van der Waals surface area contributed by atoms with Crippen molar-refractivity contribution in [3.8, 4) is 0 Å². The maximum absolute atomic E-state index is 11.8. The molecule has 0 unspecified atom stereocenters. The average molecular weight is 320 g/mol. The molecule has 0 aromatic carbocycles. The number of likely N-dealkylation sites (tertiary alicyclic amines) is 1. The number of nitrogens with zero attached hydrogens (tertiary/aromatic N) is 3. The van der Waals surface area contributed by atoms with E-state index in [9.17, 15) is 4.79 Å². The molecule has 2 saturated heterocycles. The summed E-state index contributed by atoms with van der Waals surface area (Å²) in [6.45, 7) is 3.05. The Hall–Kier alpha value is -1.89. The van der Waals surface area contributed by atoms with Gasteiger partial charge in [-0.1, -0.05) is 0 Å². The molecule has 2 aliphatic rings. The van der Waals surface area contributed by atoms with Crippen LogP contribution in [0.2, 0.25) is 0 Å². The highest BCUT2D eigenvalue weighted by molar-refractivity contribution is 7.80. The van der Waals surface area contributed by atoms with E-state index in [-0.39, 0.29) is 12.1 Å². The van der Waals surface area contributed by atoms with Crippen LogP contribution in [-0.2, 0) is 4.74 Å². The lowest BCUT2D eigenvalue weighted by Gasteiger charge is -2.40. The van der Waals surface area contributed by atoms with Gasteiger partial charge in [-0.3, -0.25) is 4.98 Å². The number of hydrogen-bond donors (Lipinski definition) is 1. The number of rotatable bonds is 2. The third-order valence-corrected chi connectivity index (χ3v) is 4.47. The third-order valence-electron chi connectivity index (χ3n) is 4.11. The minimum atomic E-state index is -0.166. The highest BCUT2D eigenvalue weighted by Gasteiger charge is 2.31. The summed E-state index contributed by atoms with van der Waals surface area (Å²) in [5, 5.41) is 3.92. The summed E-state index contributed by atoms with van der Waals surface area (Å²) < 4.78 is 5.13. The van der Waals surface area contributed by atoms with Crippen molar-refractivity contribution in [3.63, 3.8) is 0 Å².